The van der Waals surface area contributed by atoms with Crippen molar-refractivity contribution >= 4 is 5.52 Å². The van der Waals surface area contributed by atoms with Crippen molar-refractivity contribution < 1.29 is 4.74 Å². The zero-order valence-corrected chi connectivity index (χ0v) is 11.4. The number of methoxy groups -OCH3 is 1. The molecular weight excluding hydrogens is 212 g/mol. The molecule has 2 aromatic heterocycles. The van der Waals surface area contributed by atoms with Gasteiger partial charge in [-0.2, -0.15) is 5.10 Å². The molecule has 3 nitrogen and oxygen atoms in total. The Morgan fingerprint density at radius 2 is 2.00 bits per heavy atom. The summed E-state index contributed by atoms with van der Waals surface area (Å²) in [4.78, 5) is 0. The van der Waals surface area contributed by atoms with Gasteiger partial charge in [-0.1, -0.05) is 33.8 Å². The summed E-state index contributed by atoms with van der Waals surface area (Å²) in [5, 5.41) is 4.34. The van der Waals surface area contributed by atoms with E-state index in [9.17, 15) is 0 Å². The highest BCUT2D eigenvalue weighted by Crippen LogP contribution is 2.20. The first-order valence-electron chi connectivity index (χ1n) is 6.17. The molecule has 0 spiro atoms. The highest BCUT2D eigenvalue weighted by Gasteiger charge is 2.07. The molecule has 2 rings (SSSR count). The Labute approximate surface area is 103 Å². The molecule has 0 aliphatic carbocycles. The summed E-state index contributed by atoms with van der Waals surface area (Å²) in [5.41, 5.74) is 3.62. The summed E-state index contributed by atoms with van der Waals surface area (Å²) in [7, 11) is 1.70. The van der Waals surface area contributed by atoms with E-state index in [0.29, 0.717) is 12.5 Å². The Kier molecular flexibility index (Phi) is 5.16. The van der Waals surface area contributed by atoms with Gasteiger partial charge in [0.2, 0.25) is 0 Å². The first-order chi connectivity index (χ1) is 8.22. The number of pyridine rings is 1. The number of rotatable bonds is 3. The fourth-order valence-electron chi connectivity index (χ4n) is 1.74. The summed E-state index contributed by atoms with van der Waals surface area (Å²) in [6.07, 6.45) is 3.96. The Morgan fingerprint density at radius 3 is 2.59 bits per heavy atom. The third kappa shape index (κ3) is 3.07. The molecule has 0 fully saturated rings. The molecule has 0 aliphatic heterocycles. The zero-order valence-electron chi connectivity index (χ0n) is 11.4. The van der Waals surface area contributed by atoms with Crippen molar-refractivity contribution in [3.63, 3.8) is 0 Å². The van der Waals surface area contributed by atoms with Crippen LogP contribution >= 0.6 is 0 Å². The monoisotopic (exact) mass is 234 g/mol. The van der Waals surface area contributed by atoms with Gasteiger partial charge in [0, 0.05) is 18.9 Å². The summed E-state index contributed by atoms with van der Waals surface area (Å²) in [5.74, 6) is 0.510. The van der Waals surface area contributed by atoms with E-state index < -0.39 is 0 Å². The van der Waals surface area contributed by atoms with Crippen LogP contribution in [0.3, 0.4) is 0 Å². The summed E-state index contributed by atoms with van der Waals surface area (Å²) >= 11 is 0. The normalized spacial score (nSPS) is 10.5. The Morgan fingerprint density at radius 1 is 1.29 bits per heavy atom. The highest BCUT2D eigenvalue weighted by molar-refractivity contribution is 5.55. The van der Waals surface area contributed by atoms with E-state index in [0.717, 1.165) is 5.56 Å². The predicted octanol–water partition coefficient (Wildman–Crippen LogP) is 3.63. The summed E-state index contributed by atoms with van der Waals surface area (Å²) in [6, 6.07) is 4.20. The van der Waals surface area contributed by atoms with Crippen molar-refractivity contribution in [1.82, 2.24) is 9.61 Å². The van der Waals surface area contributed by atoms with Crippen LogP contribution < -0.4 is 0 Å². The molecule has 0 unspecified atom stereocenters. The lowest BCUT2D eigenvalue weighted by molar-refractivity contribution is 0.184. The molecule has 2 aromatic rings. The van der Waals surface area contributed by atoms with Gasteiger partial charge >= 0.3 is 0 Å². The van der Waals surface area contributed by atoms with Crippen LogP contribution in [0, 0.1) is 0 Å². The van der Waals surface area contributed by atoms with E-state index in [-0.39, 0.29) is 0 Å². The lowest BCUT2D eigenvalue weighted by Crippen LogP contribution is -1.94. The first-order valence-corrected chi connectivity index (χ1v) is 6.17. The molecule has 3 heteroatoms. The fourth-order valence-corrected chi connectivity index (χ4v) is 1.74. The van der Waals surface area contributed by atoms with Crippen molar-refractivity contribution in [1.29, 1.82) is 0 Å². The highest BCUT2D eigenvalue weighted by atomic mass is 16.5. The quantitative estimate of drug-likeness (QED) is 0.810. The average Bonchev–Trinajstić information content (AvgIpc) is 2.75. The third-order valence-electron chi connectivity index (χ3n) is 2.54. The smallest absolute Gasteiger partial charge is 0.0728 e. The second-order valence-corrected chi connectivity index (χ2v) is 4.05. The maximum Gasteiger partial charge on any atom is 0.0728 e. The lowest BCUT2D eigenvalue weighted by Gasteiger charge is -2.03. The molecular formula is C14H22N2O. The number of hydrogen-bond acceptors (Lipinski definition) is 2. The molecule has 0 saturated heterocycles. The number of fused-ring (bicyclic) bond motifs is 1. The molecule has 17 heavy (non-hydrogen) atoms. The van der Waals surface area contributed by atoms with Crippen molar-refractivity contribution in [2.45, 2.75) is 40.2 Å². The van der Waals surface area contributed by atoms with Gasteiger partial charge in [-0.15, -0.1) is 0 Å². The molecule has 0 bridgehead atoms. The maximum absolute atomic E-state index is 5.09. The van der Waals surface area contributed by atoms with E-state index in [1.165, 1.54) is 11.1 Å². The van der Waals surface area contributed by atoms with E-state index in [1.807, 2.05) is 30.8 Å². The van der Waals surface area contributed by atoms with Crippen molar-refractivity contribution in [2.24, 2.45) is 0 Å². The van der Waals surface area contributed by atoms with Crippen LogP contribution in [0.4, 0.5) is 0 Å². The van der Waals surface area contributed by atoms with Crippen molar-refractivity contribution in [3.8, 4) is 0 Å². The Hall–Kier alpha value is -1.35. The van der Waals surface area contributed by atoms with Crippen LogP contribution in [0.2, 0.25) is 0 Å². The van der Waals surface area contributed by atoms with Crippen molar-refractivity contribution in [2.75, 3.05) is 7.11 Å². The minimum atomic E-state index is 0.510. The molecule has 0 aromatic carbocycles. The fraction of sp³-hybridized carbons (Fsp3) is 0.500. The number of hydrogen-bond donors (Lipinski definition) is 0. The molecule has 0 N–H and O–H groups in total. The SMILES string of the molecule is CC.COCc1ccc2c(C(C)C)cnn2c1. The second kappa shape index (κ2) is 6.40. The van der Waals surface area contributed by atoms with Crippen LogP contribution in [0.5, 0.6) is 0 Å². The minimum absolute atomic E-state index is 0.510. The second-order valence-electron chi connectivity index (χ2n) is 4.05. The maximum atomic E-state index is 5.09. The standard InChI is InChI=1S/C12H16N2O.C2H6/c1-9(2)11-6-13-14-7-10(8-15-3)4-5-12(11)14;1-2/h4-7,9H,8H2,1-3H3;1-2H3. The van der Waals surface area contributed by atoms with E-state index in [1.54, 1.807) is 7.11 Å². The van der Waals surface area contributed by atoms with Gasteiger partial charge in [0.15, 0.2) is 0 Å². The average molecular weight is 234 g/mol. The minimum Gasteiger partial charge on any atom is -0.380 e. The molecule has 0 radical (unpaired) electrons. The Bertz CT molecular complexity index is 460. The van der Waals surface area contributed by atoms with Crippen LogP contribution in [-0.4, -0.2) is 16.7 Å². The summed E-state index contributed by atoms with van der Waals surface area (Å²) < 4.78 is 7.01. The first kappa shape index (κ1) is 13.7. The van der Waals surface area contributed by atoms with Gasteiger partial charge in [0.25, 0.3) is 0 Å². The van der Waals surface area contributed by atoms with Gasteiger partial charge in [-0.25, -0.2) is 4.52 Å². The topological polar surface area (TPSA) is 26.5 Å². The summed E-state index contributed by atoms with van der Waals surface area (Å²) in [6.45, 7) is 8.99. The lowest BCUT2D eigenvalue weighted by atomic mass is 10.1. The molecule has 0 aliphatic rings. The van der Waals surface area contributed by atoms with E-state index in [2.05, 4.69) is 31.1 Å². The largest absolute Gasteiger partial charge is 0.380 e. The van der Waals surface area contributed by atoms with Crippen LogP contribution in [0.25, 0.3) is 5.52 Å². The van der Waals surface area contributed by atoms with Gasteiger partial charge in [-0.3, -0.25) is 0 Å². The van der Waals surface area contributed by atoms with Crippen LogP contribution in [-0.2, 0) is 11.3 Å². The van der Waals surface area contributed by atoms with Gasteiger partial charge < -0.3 is 4.74 Å². The predicted molar refractivity (Wildman–Crippen MR) is 71.3 cm³/mol. The van der Waals surface area contributed by atoms with E-state index >= 15 is 0 Å². The zero-order chi connectivity index (χ0) is 12.8. The van der Waals surface area contributed by atoms with Gasteiger partial charge in [0.1, 0.15) is 0 Å². The molecule has 2 heterocycles. The molecule has 0 saturated carbocycles. The van der Waals surface area contributed by atoms with Gasteiger partial charge in [0.05, 0.1) is 18.3 Å². The molecule has 94 valence electrons. The Balaban J connectivity index is 0.000000686. The number of ether oxygens (including phenoxy) is 1. The number of aromatic nitrogens is 2. The van der Waals surface area contributed by atoms with Crippen LogP contribution in [0.1, 0.15) is 44.7 Å². The van der Waals surface area contributed by atoms with E-state index in [4.69, 9.17) is 4.74 Å². The van der Waals surface area contributed by atoms with Crippen LogP contribution in [0.15, 0.2) is 24.5 Å². The number of nitrogens with zero attached hydrogens (tertiary/aromatic N) is 2. The third-order valence-corrected chi connectivity index (χ3v) is 2.54. The molecule has 0 atom stereocenters. The van der Waals surface area contributed by atoms with Gasteiger partial charge in [-0.05, 0) is 17.5 Å². The molecule has 0 amide bonds. The van der Waals surface area contributed by atoms with Crippen molar-refractivity contribution in [3.05, 3.63) is 35.7 Å².